The molecule has 20 heavy (non-hydrogen) atoms. The van der Waals surface area contributed by atoms with Gasteiger partial charge < -0.3 is 14.9 Å². The largest absolute Gasteiger partial charge is 0.391 e. The van der Waals surface area contributed by atoms with Gasteiger partial charge in [0.25, 0.3) is 0 Å². The molecule has 0 saturated carbocycles. The minimum atomic E-state index is -0.390. The summed E-state index contributed by atoms with van der Waals surface area (Å²) in [6.07, 6.45) is 7.86. The Kier molecular flexibility index (Phi) is 10.8. The van der Waals surface area contributed by atoms with E-state index in [4.69, 9.17) is 0 Å². The third kappa shape index (κ3) is 13.8. The van der Waals surface area contributed by atoms with Gasteiger partial charge in [-0.2, -0.15) is 0 Å². The van der Waals surface area contributed by atoms with E-state index in [-0.39, 0.29) is 12.0 Å². The van der Waals surface area contributed by atoms with Gasteiger partial charge in [0.05, 0.1) is 33.8 Å². The molecule has 0 aromatic rings. The second kappa shape index (κ2) is 11.1. The number of carbonyl (C=O) groups is 1. The van der Waals surface area contributed by atoms with Gasteiger partial charge in [-0.1, -0.05) is 39.0 Å². The molecule has 4 nitrogen and oxygen atoms in total. The van der Waals surface area contributed by atoms with Crippen LogP contribution in [0, 0.1) is 0 Å². The molecule has 0 aliphatic heterocycles. The van der Waals surface area contributed by atoms with Crippen LogP contribution in [0.2, 0.25) is 0 Å². The van der Waals surface area contributed by atoms with Crippen LogP contribution in [0.3, 0.4) is 0 Å². The maximum atomic E-state index is 11.6. The number of carbonyl (C=O) groups excluding carboxylic acids is 1. The second-order valence-electron chi connectivity index (χ2n) is 6.78. The summed E-state index contributed by atoms with van der Waals surface area (Å²) in [6, 6.07) is 0. The summed E-state index contributed by atoms with van der Waals surface area (Å²) in [6.45, 7) is 3.59. The van der Waals surface area contributed by atoms with Crippen LogP contribution >= 0.6 is 0 Å². The Morgan fingerprint density at radius 2 is 1.75 bits per heavy atom. The summed E-state index contributed by atoms with van der Waals surface area (Å²) in [7, 11) is 6.38. The van der Waals surface area contributed by atoms with E-state index in [1.165, 1.54) is 25.7 Å². The summed E-state index contributed by atoms with van der Waals surface area (Å²) in [5, 5.41) is 12.6. The average Bonchev–Trinajstić information content (AvgIpc) is 2.34. The fraction of sp³-hybridized carbons (Fsp3) is 0.938. The van der Waals surface area contributed by atoms with Crippen LogP contribution in [0.25, 0.3) is 0 Å². The van der Waals surface area contributed by atoms with E-state index in [0.29, 0.717) is 13.0 Å². The number of amides is 1. The summed E-state index contributed by atoms with van der Waals surface area (Å²) in [5.41, 5.74) is 0. The van der Waals surface area contributed by atoms with Crippen molar-refractivity contribution in [2.75, 3.05) is 34.2 Å². The number of unbranched alkanes of at least 4 members (excludes halogenated alkanes) is 4. The molecule has 0 saturated heterocycles. The molecule has 1 atom stereocenters. The van der Waals surface area contributed by atoms with Crippen LogP contribution in [-0.4, -0.2) is 55.8 Å². The van der Waals surface area contributed by atoms with E-state index < -0.39 is 0 Å². The molecule has 0 bridgehead atoms. The van der Waals surface area contributed by atoms with Crippen molar-refractivity contribution >= 4 is 5.91 Å². The molecule has 0 spiro atoms. The molecule has 0 aromatic carbocycles. The maximum Gasteiger partial charge on any atom is 0.220 e. The standard InChI is InChI=1S/C16H34N2O2/c1-5-6-7-8-9-11-15(19)14-17-16(20)12-10-13-18(2,3)4/h15,19H,5-14H2,1-4H3/p+1. The van der Waals surface area contributed by atoms with Gasteiger partial charge in [-0.05, 0) is 6.42 Å². The van der Waals surface area contributed by atoms with Gasteiger partial charge >= 0.3 is 0 Å². The first-order valence-corrected chi connectivity index (χ1v) is 8.10. The number of hydrogen-bond donors (Lipinski definition) is 2. The van der Waals surface area contributed by atoms with Crippen LogP contribution in [0.1, 0.15) is 58.3 Å². The third-order valence-electron chi connectivity index (χ3n) is 3.41. The van der Waals surface area contributed by atoms with E-state index in [1.807, 2.05) is 0 Å². The number of hydrogen-bond acceptors (Lipinski definition) is 2. The molecular formula is C16H35N2O2+. The molecule has 0 fully saturated rings. The van der Waals surface area contributed by atoms with Crippen molar-refractivity contribution in [2.45, 2.75) is 64.4 Å². The van der Waals surface area contributed by atoms with Crippen LogP contribution in [0.4, 0.5) is 0 Å². The van der Waals surface area contributed by atoms with Crippen molar-refractivity contribution in [3.05, 3.63) is 0 Å². The Morgan fingerprint density at radius 1 is 1.10 bits per heavy atom. The van der Waals surface area contributed by atoms with Gasteiger partial charge in [-0.25, -0.2) is 0 Å². The van der Waals surface area contributed by atoms with E-state index in [0.717, 1.165) is 30.3 Å². The van der Waals surface area contributed by atoms with Crippen LogP contribution < -0.4 is 5.32 Å². The Balaban J connectivity index is 3.48. The fourth-order valence-corrected chi connectivity index (χ4v) is 2.12. The molecular weight excluding hydrogens is 252 g/mol. The Labute approximate surface area is 125 Å². The van der Waals surface area contributed by atoms with Gasteiger partial charge in [0.15, 0.2) is 0 Å². The Hall–Kier alpha value is -0.610. The van der Waals surface area contributed by atoms with Crippen molar-refractivity contribution in [1.29, 1.82) is 0 Å². The highest BCUT2D eigenvalue weighted by Crippen LogP contribution is 2.07. The zero-order valence-electron chi connectivity index (χ0n) is 14.0. The summed E-state index contributed by atoms with van der Waals surface area (Å²) >= 11 is 0. The highest BCUT2D eigenvalue weighted by Gasteiger charge is 2.10. The minimum Gasteiger partial charge on any atom is -0.391 e. The molecule has 4 heteroatoms. The van der Waals surface area contributed by atoms with E-state index in [2.05, 4.69) is 33.4 Å². The van der Waals surface area contributed by atoms with Gasteiger partial charge in [-0.15, -0.1) is 0 Å². The Morgan fingerprint density at radius 3 is 2.35 bits per heavy atom. The number of nitrogens with one attached hydrogen (secondary N) is 1. The van der Waals surface area contributed by atoms with Gasteiger partial charge in [-0.3, -0.25) is 4.79 Å². The number of nitrogens with zero attached hydrogens (tertiary/aromatic N) is 1. The number of rotatable bonds is 12. The molecule has 0 aliphatic rings. The smallest absolute Gasteiger partial charge is 0.220 e. The highest BCUT2D eigenvalue weighted by atomic mass is 16.3. The molecule has 2 N–H and O–H groups in total. The predicted molar refractivity (Wildman–Crippen MR) is 84.5 cm³/mol. The first-order valence-electron chi connectivity index (χ1n) is 8.10. The van der Waals surface area contributed by atoms with Gasteiger partial charge in [0, 0.05) is 19.4 Å². The van der Waals surface area contributed by atoms with E-state index in [1.54, 1.807) is 0 Å². The van der Waals surface area contributed by atoms with E-state index in [9.17, 15) is 9.90 Å². The summed E-state index contributed by atoms with van der Waals surface area (Å²) in [5.74, 6) is 0.0588. The Bertz CT molecular complexity index is 249. The number of aliphatic hydroxyl groups is 1. The van der Waals surface area contributed by atoms with Crippen molar-refractivity contribution < 1.29 is 14.4 Å². The second-order valence-corrected chi connectivity index (χ2v) is 6.78. The third-order valence-corrected chi connectivity index (χ3v) is 3.41. The lowest BCUT2D eigenvalue weighted by Gasteiger charge is -2.23. The lowest BCUT2D eigenvalue weighted by atomic mass is 10.1. The summed E-state index contributed by atoms with van der Waals surface area (Å²) < 4.78 is 0.883. The lowest BCUT2D eigenvalue weighted by molar-refractivity contribution is -0.870. The van der Waals surface area contributed by atoms with Crippen LogP contribution in [0.15, 0.2) is 0 Å². The lowest BCUT2D eigenvalue weighted by Crippen LogP contribution is -2.37. The monoisotopic (exact) mass is 287 g/mol. The quantitative estimate of drug-likeness (QED) is 0.427. The fourth-order valence-electron chi connectivity index (χ4n) is 2.12. The molecule has 1 amide bonds. The molecule has 0 aromatic heterocycles. The topological polar surface area (TPSA) is 49.3 Å². The highest BCUT2D eigenvalue weighted by molar-refractivity contribution is 5.75. The SMILES string of the molecule is CCCCCCCC(O)CNC(=O)CCC[N+](C)(C)C. The van der Waals surface area contributed by atoms with Crippen molar-refractivity contribution in [1.82, 2.24) is 5.32 Å². The molecule has 120 valence electrons. The van der Waals surface area contributed by atoms with Crippen LogP contribution in [-0.2, 0) is 4.79 Å². The first kappa shape index (κ1) is 19.4. The van der Waals surface area contributed by atoms with Gasteiger partial charge in [0.2, 0.25) is 5.91 Å². The predicted octanol–water partition coefficient (Wildman–Crippen LogP) is 2.31. The normalized spacial score (nSPS) is 13.2. The molecule has 0 aliphatic carbocycles. The van der Waals surface area contributed by atoms with Crippen molar-refractivity contribution in [3.8, 4) is 0 Å². The number of quaternary nitrogens is 1. The number of aliphatic hydroxyl groups excluding tert-OH is 1. The van der Waals surface area contributed by atoms with E-state index >= 15 is 0 Å². The summed E-state index contributed by atoms with van der Waals surface area (Å²) in [4.78, 5) is 11.6. The zero-order chi connectivity index (χ0) is 15.4. The molecule has 0 radical (unpaired) electrons. The maximum absolute atomic E-state index is 11.6. The zero-order valence-corrected chi connectivity index (χ0v) is 14.0. The molecule has 1 unspecified atom stereocenters. The minimum absolute atomic E-state index is 0.0588. The molecule has 0 rings (SSSR count). The van der Waals surface area contributed by atoms with Gasteiger partial charge in [0.1, 0.15) is 0 Å². The van der Waals surface area contributed by atoms with Crippen molar-refractivity contribution in [3.63, 3.8) is 0 Å². The first-order chi connectivity index (χ1) is 9.35. The average molecular weight is 287 g/mol. The van der Waals surface area contributed by atoms with Crippen LogP contribution in [0.5, 0.6) is 0 Å². The molecule has 0 heterocycles. The van der Waals surface area contributed by atoms with Crippen molar-refractivity contribution in [2.24, 2.45) is 0 Å².